The molecule has 1 aliphatic rings. The number of hydrogen-bond donors (Lipinski definition) is 1. The van der Waals surface area contributed by atoms with Crippen LogP contribution in [0.25, 0.3) is 0 Å². The number of aliphatic imine (C=N–C) groups is 1. The molecule has 0 aliphatic carbocycles. The van der Waals surface area contributed by atoms with Gasteiger partial charge in [0.15, 0.2) is 0 Å². The lowest BCUT2D eigenvalue weighted by Crippen LogP contribution is -2.37. The van der Waals surface area contributed by atoms with Gasteiger partial charge in [0.1, 0.15) is 0 Å². The van der Waals surface area contributed by atoms with Gasteiger partial charge in [-0.3, -0.25) is 4.99 Å². The fraction of sp³-hybridized carbons (Fsp3) is 0.960. The molecule has 0 unspecified atom stereocenters. The van der Waals surface area contributed by atoms with Gasteiger partial charge < -0.3 is 10.0 Å². The van der Waals surface area contributed by atoms with Crippen LogP contribution in [0.2, 0.25) is 0 Å². The van der Waals surface area contributed by atoms with Gasteiger partial charge in [-0.1, -0.05) is 96.8 Å². The number of unbranched alkanes of at least 4 members (excludes halogenated alkanes) is 14. The van der Waals surface area contributed by atoms with E-state index < -0.39 is 0 Å². The zero-order valence-corrected chi connectivity index (χ0v) is 19.6. The molecule has 0 amide bonds. The van der Waals surface area contributed by atoms with Crippen LogP contribution in [0.4, 0.5) is 0 Å². The molecular formula is C25H50N2O. The van der Waals surface area contributed by atoms with Crippen LogP contribution in [-0.4, -0.2) is 40.6 Å². The predicted molar refractivity (Wildman–Crippen MR) is 124 cm³/mol. The summed E-state index contributed by atoms with van der Waals surface area (Å²) in [6.45, 7) is 10.2. The second-order valence-electron chi connectivity index (χ2n) is 9.77. The van der Waals surface area contributed by atoms with Crippen LogP contribution in [0.3, 0.4) is 0 Å². The van der Waals surface area contributed by atoms with Gasteiger partial charge in [-0.15, -0.1) is 0 Å². The highest BCUT2D eigenvalue weighted by Crippen LogP contribution is 2.23. The van der Waals surface area contributed by atoms with Crippen molar-refractivity contribution in [2.24, 2.45) is 4.99 Å². The maximum atomic E-state index is 9.71. The lowest BCUT2D eigenvalue weighted by atomic mass is 10.0. The van der Waals surface area contributed by atoms with Gasteiger partial charge in [0.25, 0.3) is 0 Å². The second kappa shape index (κ2) is 15.3. The number of amidine groups is 1. The molecule has 1 heterocycles. The molecule has 1 atom stereocenters. The van der Waals surface area contributed by atoms with E-state index in [4.69, 9.17) is 4.99 Å². The first-order chi connectivity index (χ1) is 13.4. The van der Waals surface area contributed by atoms with Gasteiger partial charge in [-0.25, -0.2) is 0 Å². The minimum atomic E-state index is -0.278. The Balaban J connectivity index is 1.92. The third kappa shape index (κ3) is 12.8. The molecule has 28 heavy (non-hydrogen) atoms. The Hall–Kier alpha value is -0.570. The molecule has 0 aromatic heterocycles. The standard InChI is InChI=1S/C25H50N2O/c1-5-6-7-8-9-10-11-12-13-14-15-16-17-18-19-20-24-26-25(3,4)22-27(24)21-23(2)28/h23,28H,5-22H2,1-4H3/t23-/m1/s1. The van der Waals surface area contributed by atoms with Crippen molar-refractivity contribution in [3.63, 3.8) is 0 Å². The molecule has 3 nitrogen and oxygen atoms in total. The van der Waals surface area contributed by atoms with Gasteiger partial charge in [0, 0.05) is 19.5 Å². The van der Waals surface area contributed by atoms with E-state index in [0.29, 0.717) is 0 Å². The summed E-state index contributed by atoms with van der Waals surface area (Å²) in [6, 6.07) is 0. The van der Waals surface area contributed by atoms with E-state index in [2.05, 4.69) is 25.7 Å². The molecule has 0 bridgehead atoms. The minimum absolute atomic E-state index is 0.0136. The van der Waals surface area contributed by atoms with Crippen LogP contribution < -0.4 is 0 Å². The maximum absolute atomic E-state index is 9.71. The molecule has 0 saturated heterocycles. The van der Waals surface area contributed by atoms with Gasteiger partial charge >= 0.3 is 0 Å². The summed E-state index contributed by atoms with van der Waals surface area (Å²) in [5.74, 6) is 1.22. The van der Waals surface area contributed by atoms with Crippen molar-refractivity contribution in [3.8, 4) is 0 Å². The molecule has 166 valence electrons. The van der Waals surface area contributed by atoms with E-state index in [1.54, 1.807) is 0 Å². The molecule has 3 heteroatoms. The van der Waals surface area contributed by atoms with Crippen molar-refractivity contribution in [1.82, 2.24) is 4.90 Å². The van der Waals surface area contributed by atoms with E-state index >= 15 is 0 Å². The molecule has 0 saturated carbocycles. The number of aliphatic hydroxyl groups is 1. The highest BCUT2D eigenvalue weighted by atomic mass is 16.3. The summed E-state index contributed by atoms with van der Waals surface area (Å²) in [6.07, 6.45) is 21.9. The third-order valence-corrected chi connectivity index (χ3v) is 5.86. The van der Waals surface area contributed by atoms with E-state index in [9.17, 15) is 5.11 Å². The Morgan fingerprint density at radius 2 is 1.25 bits per heavy atom. The van der Waals surface area contributed by atoms with E-state index in [0.717, 1.165) is 19.5 Å². The van der Waals surface area contributed by atoms with Crippen LogP contribution >= 0.6 is 0 Å². The summed E-state index contributed by atoms with van der Waals surface area (Å²) < 4.78 is 0. The first kappa shape index (κ1) is 25.5. The largest absolute Gasteiger partial charge is 0.392 e. The van der Waals surface area contributed by atoms with Crippen LogP contribution in [0.1, 0.15) is 130 Å². The summed E-state index contributed by atoms with van der Waals surface area (Å²) in [7, 11) is 0. The normalized spacial score (nSPS) is 17.2. The first-order valence-corrected chi connectivity index (χ1v) is 12.5. The summed E-state index contributed by atoms with van der Waals surface area (Å²) >= 11 is 0. The molecule has 1 N–H and O–H groups in total. The van der Waals surface area contributed by atoms with Gasteiger partial charge in [0.05, 0.1) is 17.5 Å². The maximum Gasteiger partial charge on any atom is 0.0998 e. The lowest BCUT2D eigenvalue weighted by molar-refractivity contribution is 0.157. The van der Waals surface area contributed by atoms with Crippen LogP contribution in [0, 0.1) is 0 Å². The smallest absolute Gasteiger partial charge is 0.0998 e. The molecule has 0 aromatic rings. The first-order valence-electron chi connectivity index (χ1n) is 12.5. The van der Waals surface area contributed by atoms with Crippen molar-refractivity contribution in [2.75, 3.05) is 13.1 Å². The number of β-amino-alcohol motifs (C(OH)–C–C–N with tert-alkyl or cyclic N) is 1. The molecule has 0 radical (unpaired) electrons. The summed E-state index contributed by atoms with van der Waals surface area (Å²) in [4.78, 5) is 7.19. The van der Waals surface area contributed by atoms with Crippen molar-refractivity contribution in [1.29, 1.82) is 0 Å². The van der Waals surface area contributed by atoms with Crippen LogP contribution in [0.5, 0.6) is 0 Å². The number of nitrogens with zero attached hydrogens (tertiary/aromatic N) is 2. The van der Waals surface area contributed by atoms with Crippen LogP contribution in [-0.2, 0) is 0 Å². The second-order valence-corrected chi connectivity index (χ2v) is 9.77. The Morgan fingerprint density at radius 3 is 1.68 bits per heavy atom. The van der Waals surface area contributed by atoms with Crippen molar-refractivity contribution in [3.05, 3.63) is 0 Å². The highest BCUT2D eigenvalue weighted by Gasteiger charge is 2.30. The van der Waals surface area contributed by atoms with Crippen molar-refractivity contribution >= 4 is 5.84 Å². The molecule has 0 spiro atoms. The SMILES string of the molecule is CCCCCCCCCCCCCCCCCC1=NC(C)(C)CN1C[C@@H](C)O. The van der Waals surface area contributed by atoms with Gasteiger partial charge in [0.2, 0.25) is 0 Å². The lowest BCUT2D eigenvalue weighted by Gasteiger charge is -2.24. The van der Waals surface area contributed by atoms with Crippen molar-refractivity contribution < 1.29 is 5.11 Å². The fourth-order valence-electron chi connectivity index (χ4n) is 4.37. The summed E-state index contributed by atoms with van der Waals surface area (Å²) in [5, 5.41) is 9.71. The van der Waals surface area contributed by atoms with Crippen molar-refractivity contribution in [2.45, 2.75) is 142 Å². The monoisotopic (exact) mass is 394 g/mol. The summed E-state index contributed by atoms with van der Waals surface area (Å²) in [5.41, 5.74) is 0.0136. The molecule has 1 rings (SSSR count). The van der Waals surface area contributed by atoms with Gasteiger partial charge in [-0.05, 0) is 27.2 Å². The Labute approximate surface area is 176 Å². The highest BCUT2D eigenvalue weighted by molar-refractivity contribution is 5.84. The third-order valence-electron chi connectivity index (χ3n) is 5.86. The van der Waals surface area contributed by atoms with Crippen LogP contribution in [0.15, 0.2) is 4.99 Å². The zero-order valence-electron chi connectivity index (χ0n) is 19.6. The average molecular weight is 395 g/mol. The van der Waals surface area contributed by atoms with Gasteiger partial charge in [-0.2, -0.15) is 0 Å². The topological polar surface area (TPSA) is 35.8 Å². The average Bonchev–Trinajstić information content (AvgIpc) is 2.91. The van der Waals surface area contributed by atoms with E-state index in [1.807, 2.05) is 6.92 Å². The van der Waals surface area contributed by atoms with E-state index in [1.165, 1.54) is 102 Å². The molecular weight excluding hydrogens is 344 g/mol. The van der Waals surface area contributed by atoms with E-state index in [-0.39, 0.29) is 11.6 Å². The number of hydrogen-bond acceptors (Lipinski definition) is 3. The predicted octanol–water partition coefficient (Wildman–Crippen LogP) is 7.12. The Bertz CT molecular complexity index is 403. The minimum Gasteiger partial charge on any atom is -0.392 e. The Morgan fingerprint density at radius 1 is 0.821 bits per heavy atom. The number of rotatable bonds is 18. The molecule has 1 aliphatic heterocycles. The molecule has 0 fully saturated rings. The zero-order chi connectivity index (χ0) is 20.7. The Kier molecular flexibility index (Phi) is 13.9. The number of aliphatic hydroxyl groups excluding tert-OH is 1. The quantitative estimate of drug-likeness (QED) is 0.251. The molecule has 0 aromatic carbocycles. The fourth-order valence-corrected chi connectivity index (χ4v) is 4.37.